The molecule has 2 heteroatoms. The molecule has 0 amide bonds. The Kier molecular flexibility index (Phi) is 14.3. The first-order valence-electron chi connectivity index (χ1n) is 8.56. The molecule has 2 unspecified atom stereocenters. The second-order valence-corrected chi connectivity index (χ2v) is 5.91. The van der Waals surface area contributed by atoms with E-state index in [1.54, 1.807) is 0 Å². The van der Waals surface area contributed by atoms with Crippen LogP contribution in [0.4, 0.5) is 0 Å². The Morgan fingerprint density at radius 1 is 0.579 bits per heavy atom. The normalized spacial score (nSPS) is 14.5. The lowest BCUT2D eigenvalue weighted by Crippen LogP contribution is -2.09. The molecule has 0 rings (SSSR count). The smallest absolute Gasteiger partial charge is 0.0540 e. The molecular weight excluding hydrogens is 236 g/mol. The van der Waals surface area contributed by atoms with Gasteiger partial charge in [0.1, 0.15) is 0 Å². The van der Waals surface area contributed by atoms with E-state index in [0.29, 0.717) is 0 Å². The number of rotatable bonds is 14. The lowest BCUT2D eigenvalue weighted by Gasteiger charge is -2.12. The van der Waals surface area contributed by atoms with Crippen molar-refractivity contribution in [2.24, 2.45) is 0 Å². The van der Waals surface area contributed by atoms with E-state index in [4.69, 9.17) is 0 Å². The zero-order valence-corrected chi connectivity index (χ0v) is 13.2. The van der Waals surface area contributed by atoms with Crippen LogP contribution in [-0.2, 0) is 0 Å². The fourth-order valence-electron chi connectivity index (χ4n) is 2.45. The zero-order chi connectivity index (χ0) is 14.3. The van der Waals surface area contributed by atoms with E-state index in [1.807, 2.05) is 6.92 Å². The van der Waals surface area contributed by atoms with Gasteiger partial charge >= 0.3 is 0 Å². The number of aliphatic hydroxyl groups is 2. The summed E-state index contributed by atoms with van der Waals surface area (Å²) >= 11 is 0. The summed E-state index contributed by atoms with van der Waals surface area (Å²) in [5, 5.41) is 19.2. The highest BCUT2D eigenvalue weighted by Gasteiger charge is 2.06. The maximum absolute atomic E-state index is 9.83. The van der Waals surface area contributed by atoms with Gasteiger partial charge in [-0.1, -0.05) is 65.2 Å². The second-order valence-electron chi connectivity index (χ2n) is 5.91. The van der Waals surface area contributed by atoms with Gasteiger partial charge in [-0.25, -0.2) is 0 Å². The van der Waals surface area contributed by atoms with Crippen LogP contribution >= 0.6 is 0 Å². The van der Waals surface area contributed by atoms with Crippen LogP contribution < -0.4 is 0 Å². The molecule has 0 saturated heterocycles. The lowest BCUT2D eigenvalue weighted by molar-refractivity contribution is 0.125. The van der Waals surface area contributed by atoms with Crippen molar-refractivity contribution in [3.05, 3.63) is 0 Å². The molecule has 0 bridgehead atoms. The highest BCUT2D eigenvalue weighted by Crippen LogP contribution is 2.14. The van der Waals surface area contributed by atoms with Crippen LogP contribution in [0.25, 0.3) is 0 Å². The minimum atomic E-state index is -0.171. The van der Waals surface area contributed by atoms with Crippen LogP contribution in [0.1, 0.15) is 97.3 Å². The summed E-state index contributed by atoms with van der Waals surface area (Å²) in [7, 11) is 0. The van der Waals surface area contributed by atoms with E-state index in [1.165, 1.54) is 44.9 Å². The number of aliphatic hydroxyl groups excluding tert-OH is 2. The first-order chi connectivity index (χ1) is 9.20. The van der Waals surface area contributed by atoms with Gasteiger partial charge in [-0.2, -0.15) is 0 Å². The summed E-state index contributed by atoms with van der Waals surface area (Å²) in [5.74, 6) is 0. The first-order valence-corrected chi connectivity index (χ1v) is 8.56. The van der Waals surface area contributed by atoms with E-state index < -0.39 is 0 Å². The third-order valence-electron chi connectivity index (χ3n) is 3.94. The standard InChI is InChI=1S/C17H36O2/c1-3-5-6-7-8-9-10-11-13-17(19)15-12-14-16(18)4-2/h16-19H,3-15H2,1-2H3. The van der Waals surface area contributed by atoms with Crippen LogP contribution in [0.15, 0.2) is 0 Å². The van der Waals surface area contributed by atoms with Crippen molar-refractivity contribution in [1.29, 1.82) is 0 Å². The van der Waals surface area contributed by atoms with E-state index >= 15 is 0 Å². The van der Waals surface area contributed by atoms with Crippen LogP contribution in [-0.4, -0.2) is 22.4 Å². The fraction of sp³-hybridized carbons (Fsp3) is 1.00. The van der Waals surface area contributed by atoms with Crippen LogP contribution in [0.2, 0.25) is 0 Å². The average molecular weight is 272 g/mol. The first kappa shape index (κ1) is 18.9. The zero-order valence-electron chi connectivity index (χ0n) is 13.2. The summed E-state index contributed by atoms with van der Waals surface area (Å²) in [6.45, 7) is 4.25. The molecule has 0 aliphatic heterocycles. The Morgan fingerprint density at radius 2 is 1.05 bits per heavy atom. The molecule has 2 nitrogen and oxygen atoms in total. The van der Waals surface area contributed by atoms with Crippen molar-refractivity contribution in [2.45, 2.75) is 110 Å². The van der Waals surface area contributed by atoms with E-state index in [-0.39, 0.29) is 12.2 Å². The van der Waals surface area contributed by atoms with Crippen molar-refractivity contribution in [3.63, 3.8) is 0 Å². The van der Waals surface area contributed by atoms with Crippen molar-refractivity contribution in [1.82, 2.24) is 0 Å². The Bertz CT molecular complexity index is 171. The van der Waals surface area contributed by atoms with Crippen molar-refractivity contribution < 1.29 is 10.2 Å². The van der Waals surface area contributed by atoms with Crippen LogP contribution in [0.5, 0.6) is 0 Å². The molecule has 0 radical (unpaired) electrons. The summed E-state index contributed by atoms with van der Waals surface area (Å²) in [4.78, 5) is 0. The monoisotopic (exact) mass is 272 g/mol. The van der Waals surface area contributed by atoms with E-state index in [2.05, 4.69) is 6.92 Å². The Morgan fingerprint density at radius 3 is 1.63 bits per heavy atom. The molecule has 0 saturated carbocycles. The van der Waals surface area contributed by atoms with Crippen molar-refractivity contribution >= 4 is 0 Å². The SMILES string of the molecule is CCCCCCCCCCC(O)CCCC(O)CC. The molecule has 0 aromatic heterocycles. The Balaban J connectivity index is 3.18. The molecule has 0 aromatic carbocycles. The van der Waals surface area contributed by atoms with Crippen LogP contribution in [0, 0.1) is 0 Å². The van der Waals surface area contributed by atoms with Gasteiger partial charge in [0.2, 0.25) is 0 Å². The largest absolute Gasteiger partial charge is 0.393 e. The molecule has 0 aromatic rings. The quantitative estimate of drug-likeness (QED) is 0.445. The minimum Gasteiger partial charge on any atom is -0.393 e. The van der Waals surface area contributed by atoms with E-state index in [0.717, 1.165) is 38.5 Å². The van der Waals surface area contributed by atoms with Gasteiger partial charge in [-0.15, -0.1) is 0 Å². The maximum atomic E-state index is 9.83. The van der Waals surface area contributed by atoms with Gasteiger partial charge in [0, 0.05) is 0 Å². The third-order valence-corrected chi connectivity index (χ3v) is 3.94. The van der Waals surface area contributed by atoms with E-state index in [9.17, 15) is 10.2 Å². The van der Waals surface area contributed by atoms with Gasteiger partial charge in [0.15, 0.2) is 0 Å². The van der Waals surface area contributed by atoms with Crippen molar-refractivity contribution in [2.75, 3.05) is 0 Å². The van der Waals surface area contributed by atoms with Gasteiger partial charge < -0.3 is 10.2 Å². The predicted molar refractivity (Wildman–Crippen MR) is 83.4 cm³/mol. The summed E-state index contributed by atoms with van der Waals surface area (Å²) in [6, 6.07) is 0. The summed E-state index contributed by atoms with van der Waals surface area (Å²) in [5.41, 5.74) is 0. The van der Waals surface area contributed by atoms with Crippen molar-refractivity contribution in [3.8, 4) is 0 Å². The maximum Gasteiger partial charge on any atom is 0.0540 e. The minimum absolute atomic E-state index is 0.149. The highest BCUT2D eigenvalue weighted by atomic mass is 16.3. The molecule has 0 aliphatic carbocycles. The Labute approximate surface area is 120 Å². The van der Waals surface area contributed by atoms with Gasteiger partial charge in [0.25, 0.3) is 0 Å². The van der Waals surface area contributed by atoms with Gasteiger partial charge in [-0.3, -0.25) is 0 Å². The molecule has 0 heterocycles. The molecular formula is C17H36O2. The third kappa shape index (κ3) is 14.1. The van der Waals surface area contributed by atoms with Gasteiger partial charge in [0.05, 0.1) is 12.2 Å². The average Bonchev–Trinajstić information content (AvgIpc) is 2.41. The molecule has 19 heavy (non-hydrogen) atoms. The highest BCUT2D eigenvalue weighted by molar-refractivity contribution is 4.60. The molecule has 0 fully saturated rings. The molecule has 0 aliphatic rings. The Hall–Kier alpha value is -0.0800. The molecule has 2 N–H and O–H groups in total. The molecule has 0 spiro atoms. The number of unbranched alkanes of at least 4 members (excludes halogenated alkanes) is 7. The number of hydrogen-bond donors (Lipinski definition) is 2. The summed E-state index contributed by atoms with van der Waals surface area (Å²) in [6.07, 6.45) is 14.7. The number of hydrogen-bond acceptors (Lipinski definition) is 2. The molecule has 2 atom stereocenters. The lowest BCUT2D eigenvalue weighted by atomic mass is 10.0. The fourth-order valence-corrected chi connectivity index (χ4v) is 2.45. The second kappa shape index (κ2) is 14.3. The molecule has 116 valence electrons. The predicted octanol–water partition coefficient (Wildman–Crippen LogP) is 4.82. The topological polar surface area (TPSA) is 40.5 Å². The summed E-state index contributed by atoms with van der Waals surface area (Å²) < 4.78 is 0. The van der Waals surface area contributed by atoms with Gasteiger partial charge in [-0.05, 0) is 32.1 Å². The van der Waals surface area contributed by atoms with Crippen LogP contribution in [0.3, 0.4) is 0 Å².